The number of thioether (sulfide) groups is 1. The van der Waals surface area contributed by atoms with Crippen molar-refractivity contribution in [3.63, 3.8) is 0 Å². The van der Waals surface area contributed by atoms with E-state index in [-0.39, 0.29) is 30.3 Å². The topological polar surface area (TPSA) is 174 Å². The van der Waals surface area contributed by atoms with Crippen molar-refractivity contribution < 1.29 is 33.9 Å². The van der Waals surface area contributed by atoms with E-state index < -0.39 is 46.0 Å². The van der Waals surface area contributed by atoms with E-state index in [1.165, 1.54) is 29.6 Å². The molecule has 3 rings (SSSR count). The summed E-state index contributed by atoms with van der Waals surface area (Å²) in [4.78, 5) is 59.0. The molecule has 3 heterocycles. The predicted molar refractivity (Wildman–Crippen MR) is 104 cm³/mol. The number of nitrogens with one attached hydrogen (secondary N) is 1. The Morgan fingerprint density at radius 2 is 2.19 bits per heavy atom. The SMILES string of the molecule is CC(=O)OCC1=C(C(=O)O)N2C(=O)C(NC(=O)C(C)Cn3cc([N+](=O)[O-])cn3)C2SC1. The monoisotopic (exact) mass is 453 g/mol. The molecular weight excluding hydrogens is 434 g/mol. The molecule has 2 aliphatic rings. The van der Waals surface area contributed by atoms with Gasteiger partial charge in [0.15, 0.2) is 0 Å². The Morgan fingerprint density at radius 1 is 1.48 bits per heavy atom. The number of carboxylic acid groups (broad SMARTS) is 1. The molecule has 2 aliphatic heterocycles. The maximum atomic E-state index is 12.6. The van der Waals surface area contributed by atoms with Gasteiger partial charge in [0.1, 0.15) is 36.1 Å². The summed E-state index contributed by atoms with van der Waals surface area (Å²) in [5, 5.41) is 26.1. The Balaban J connectivity index is 1.64. The molecule has 0 saturated carbocycles. The molecule has 3 atom stereocenters. The molecule has 166 valence electrons. The van der Waals surface area contributed by atoms with Gasteiger partial charge in [0.05, 0.1) is 17.4 Å². The molecule has 0 aliphatic carbocycles. The third kappa shape index (κ3) is 4.52. The van der Waals surface area contributed by atoms with E-state index in [1.54, 1.807) is 6.92 Å². The number of carbonyl (C=O) groups excluding carboxylic acids is 3. The van der Waals surface area contributed by atoms with Crippen LogP contribution in [0.3, 0.4) is 0 Å². The van der Waals surface area contributed by atoms with Crippen molar-refractivity contribution in [2.45, 2.75) is 31.8 Å². The Bertz CT molecular complexity index is 989. The highest BCUT2D eigenvalue weighted by atomic mass is 32.2. The van der Waals surface area contributed by atoms with Crippen LogP contribution >= 0.6 is 11.8 Å². The second-order valence-electron chi connectivity index (χ2n) is 7.01. The number of amides is 2. The molecule has 2 amide bonds. The van der Waals surface area contributed by atoms with Crippen LogP contribution in [-0.2, 0) is 30.5 Å². The first-order chi connectivity index (χ1) is 14.6. The lowest BCUT2D eigenvalue weighted by Gasteiger charge is -2.49. The number of carbonyl (C=O) groups is 4. The number of esters is 1. The standard InChI is InChI=1S/C17H19N5O8S/c1-8(4-20-5-11(3-18-20)22(28)29)14(24)19-12-15(25)21-13(17(26)27)10(6-30-9(2)23)7-31-16(12)21/h3,5,8,12,16H,4,6-7H2,1-2H3,(H,19,24)(H,26,27). The first-order valence-electron chi connectivity index (χ1n) is 9.10. The van der Waals surface area contributed by atoms with Gasteiger partial charge in [-0.15, -0.1) is 11.8 Å². The number of hydrogen-bond donors (Lipinski definition) is 2. The number of nitro groups is 1. The van der Waals surface area contributed by atoms with Crippen LogP contribution in [0.4, 0.5) is 5.69 Å². The largest absolute Gasteiger partial charge is 0.477 e. The zero-order valence-electron chi connectivity index (χ0n) is 16.5. The average Bonchev–Trinajstić information content (AvgIpc) is 3.17. The van der Waals surface area contributed by atoms with Crippen LogP contribution < -0.4 is 5.32 Å². The number of aromatic nitrogens is 2. The maximum Gasteiger partial charge on any atom is 0.352 e. The summed E-state index contributed by atoms with van der Waals surface area (Å²) in [6, 6.07) is -0.906. The van der Waals surface area contributed by atoms with Gasteiger partial charge in [-0.3, -0.25) is 34.1 Å². The van der Waals surface area contributed by atoms with E-state index in [4.69, 9.17) is 4.74 Å². The van der Waals surface area contributed by atoms with Gasteiger partial charge in [-0.05, 0) is 0 Å². The van der Waals surface area contributed by atoms with Gasteiger partial charge >= 0.3 is 17.6 Å². The predicted octanol–water partition coefficient (Wildman–Crippen LogP) is -0.271. The highest BCUT2D eigenvalue weighted by Crippen LogP contribution is 2.40. The third-order valence-corrected chi connectivity index (χ3v) is 6.08. The van der Waals surface area contributed by atoms with E-state index in [9.17, 15) is 34.4 Å². The van der Waals surface area contributed by atoms with Crippen LogP contribution in [0.1, 0.15) is 13.8 Å². The molecule has 14 heteroatoms. The molecule has 1 aromatic heterocycles. The van der Waals surface area contributed by atoms with Crippen LogP contribution in [0, 0.1) is 16.0 Å². The summed E-state index contributed by atoms with van der Waals surface area (Å²) in [6.07, 6.45) is 2.27. The van der Waals surface area contributed by atoms with E-state index in [0.717, 1.165) is 11.1 Å². The van der Waals surface area contributed by atoms with Crippen molar-refractivity contribution in [2.75, 3.05) is 12.4 Å². The molecule has 0 spiro atoms. The Hall–Kier alpha value is -3.42. The van der Waals surface area contributed by atoms with Gasteiger partial charge in [-0.2, -0.15) is 5.10 Å². The number of rotatable bonds is 8. The Labute approximate surface area is 179 Å². The van der Waals surface area contributed by atoms with Gasteiger partial charge < -0.3 is 15.2 Å². The van der Waals surface area contributed by atoms with E-state index in [0.29, 0.717) is 5.57 Å². The normalized spacial score (nSPS) is 21.1. The van der Waals surface area contributed by atoms with Gasteiger partial charge in [-0.1, -0.05) is 6.92 Å². The summed E-state index contributed by atoms with van der Waals surface area (Å²) in [6.45, 7) is 2.61. The molecule has 31 heavy (non-hydrogen) atoms. The fourth-order valence-electron chi connectivity index (χ4n) is 3.19. The number of hydrogen-bond acceptors (Lipinski definition) is 9. The van der Waals surface area contributed by atoms with Gasteiger partial charge in [0, 0.05) is 18.2 Å². The highest BCUT2D eigenvalue weighted by molar-refractivity contribution is 8.00. The summed E-state index contributed by atoms with van der Waals surface area (Å²) in [7, 11) is 0. The minimum Gasteiger partial charge on any atom is -0.477 e. The van der Waals surface area contributed by atoms with Crippen molar-refractivity contribution in [1.82, 2.24) is 20.0 Å². The van der Waals surface area contributed by atoms with Crippen molar-refractivity contribution in [3.8, 4) is 0 Å². The minimum absolute atomic E-state index is 0.0644. The van der Waals surface area contributed by atoms with Gasteiger partial charge in [-0.25, -0.2) is 4.79 Å². The Morgan fingerprint density at radius 3 is 2.77 bits per heavy atom. The maximum absolute atomic E-state index is 12.6. The van der Waals surface area contributed by atoms with Crippen LogP contribution in [0.2, 0.25) is 0 Å². The first kappa shape index (κ1) is 22.3. The summed E-state index contributed by atoms with van der Waals surface area (Å²) in [5.74, 6) is -3.36. The van der Waals surface area contributed by atoms with Crippen molar-refractivity contribution in [3.05, 3.63) is 33.8 Å². The second-order valence-corrected chi connectivity index (χ2v) is 8.12. The van der Waals surface area contributed by atoms with Crippen LogP contribution in [-0.4, -0.2) is 72.2 Å². The van der Waals surface area contributed by atoms with Crippen LogP contribution in [0.25, 0.3) is 0 Å². The van der Waals surface area contributed by atoms with E-state index in [1.807, 2.05) is 0 Å². The third-order valence-electron chi connectivity index (χ3n) is 4.74. The summed E-state index contributed by atoms with van der Waals surface area (Å²) in [5.41, 5.74) is -0.137. The molecule has 3 unspecified atom stereocenters. The quantitative estimate of drug-likeness (QED) is 0.231. The number of nitrogens with zero attached hydrogens (tertiary/aromatic N) is 4. The molecule has 13 nitrogen and oxygen atoms in total. The number of carboxylic acids is 1. The van der Waals surface area contributed by atoms with Crippen molar-refractivity contribution >= 4 is 41.2 Å². The molecule has 1 saturated heterocycles. The van der Waals surface area contributed by atoms with Crippen LogP contribution in [0.15, 0.2) is 23.7 Å². The highest BCUT2D eigenvalue weighted by Gasteiger charge is 2.54. The lowest BCUT2D eigenvalue weighted by atomic mass is 10.0. The average molecular weight is 453 g/mol. The first-order valence-corrected chi connectivity index (χ1v) is 10.2. The minimum atomic E-state index is -1.32. The van der Waals surface area contributed by atoms with Crippen molar-refractivity contribution in [2.24, 2.45) is 5.92 Å². The second kappa shape index (κ2) is 8.75. The molecule has 0 bridgehead atoms. The molecule has 1 aromatic rings. The zero-order valence-corrected chi connectivity index (χ0v) is 17.3. The number of fused-ring (bicyclic) bond motifs is 1. The molecule has 1 fully saturated rings. The van der Waals surface area contributed by atoms with Gasteiger partial charge in [0.2, 0.25) is 5.91 Å². The lowest BCUT2D eigenvalue weighted by Crippen LogP contribution is -2.71. The fraction of sp³-hybridized carbons (Fsp3) is 0.471. The van der Waals surface area contributed by atoms with Crippen molar-refractivity contribution in [1.29, 1.82) is 0 Å². The number of ether oxygens (including phenoxy) is 1. The molecule has 2 N–H and O–H groups in total. The summed E-state index contributed by atoms with van der Waals surface area (Å²) < 4.78 is 6.13. The smallest absolute Gasteiger partial charge is 0.352 e. The molecule has 0 radical (unpaired) electrons. The lowest BCUT2D eigenvalue weighted by molar-refractivity contribution is -0.385. The van der Waals surface area contributed by atoms with Gasteiger partial charge in [0.25, 0.3) is 5.91 Å². The number of aliphatic carboxylic acids is 1. The molecular formula is C17H19N5O8S. The van der Waals surface area contributed by atoms with Crippen LogP contribution in [0.5, 0.6) is 0 Å². The fourth-order valence-corrected chi connectivity index (χ4v) is 4.52. The Kier molecular flexibility index (Phi) is 6.29. The zero-order chi connectivity index (χ0) is 22.9. The summed E-state index contributed by atoms with van der Waals surface area (Å²) >= 11 is 1.26. The van der Waals surface area contributed by atoms with E-state index in [2.05, 4.69) is 10.4 Å². The molecule has 0 aromatic carbocycles. The van der Waals surface area contributed by atoms with E-state index >= 15 is 0 Å². The number of β-lactam (4-membered cyclic amide) rings is 1.